The number of nitrogens with zero attached hydrogens (tertiary/aromatic N) is 4. The second-order valence-electron chi connectivity index (χ2n) is 6.77. The molecule has 2 aromatic heterocycles. The van der Waals surface area contributed by atoms with Crippen LogP contribution in [0.2, 0.25) is 0 Å². The molecular weight excluding hydrogens is 408 g/mol. The van der Waals surface area contributed by atoms with Crippen LogP contribution in [0.1, 0.15) is 21.7 Å². The fourth-order valence-corrected chi connectivity index (χ4v) is 4.40. The Bertz CT molecular complexity index is 1240. The van der Waals surface area contributed by atoms with Gasteiger partial charge < -0.3 is 0 Å². The number of azo groups is 1. The Morgan fingerprint density at radius 1 is 0.967 bits per heavy atom. The number of aromatic nitrogens is 1. The maximum atomic E-state index is 9.76. The van der Waals surface area contributed by atoms with Gasteiger partial charge in [0.2, 0.25) is 0 Å². The van der Waals surface area contributed by atoms with Crippen LogP contribution in [0.5, 0.6) is 0 Å². The summed E-state index contributed by atoms with van der Waals surface area (Å²) in [6.07, 6.45) is 1.86. The van der Waals surface area contributed by atoms with Crippen LogP contribution in [0.3, 0.4) is 0 Å². The lowest BCUT2D eigenvalue weighted by Crippen LogP contribution is -1.82. The Labute approximate surface area is 183 Å². The molecule has 0 aliphatic rings. The standard InChI is InChI=1S/C24H18N4S2/c1-16-5-9-18(10-6-16)14-19(15-25)23-26-22(21-4-3-13-29-21)24(30-23)28-27-20-11-7-17(2)8-12-20/h3-14H,1-2H3/b19-14+,28-27?. The minimum absolute atomic E-state index is 0.512. The molecule has 4 nitrogen and oxygen atoms in total. The molecule has 0 saturated heterocycles. The van der Waals surface area contributed by atoms with E-state index in [4.69, 9.17) is 4.98 Å². The van der Waals surface area contributed by atoms with Gasteiger partial charge in [0.15, 0.2) is 5.00 Å². The van der Waals surface area contributed by atoms with Crippen molar-refractivity contribution in [2.45, 2.75) is 13.8 Å². The predicted octanol–water partition coefficient (Wildman–Crippen LogP) is 7.97. The normalized spacial score (nSPS) is 11.7. The van der Waals surface area contributed by atoms with Crippen LogP contribution in [0.15, 0.2) is 76.3 Å². The van der Waals surface area contributed by atoms with Gasteiger partial charge in [-0.2, -0.15) is 5.26 Å². The summed E-state index contributed by atoms with van der Waals surface area (Å²) in [6, 6.07) is 22.2. The summed E-state index contributed by atoms with van der Waals surface area (Å²) in [6.45, 7) is 4.08. The first-order valence-corrected chi connectivity index (χ1v) is 11.0. The van der Waals surface area contributed by atoms with E-state index in [1.165, 1.54) is 22.5 Å². The van der Waals surface area contributed by atoms with Gasteiger partial charge in [-0.1, -0.05) is 64.9 Å². The molecule has 0 unspecified atom stereocenters. The second kappa shape index (κ2) is 8.95. The Morgan fingerprint density at radius 3 is 2.30 bits per heavy atom. The Hall–Kier alpha value is -3.40. The van der Waals surface area contributed by atoms with E-state index >= 15 is 0 Å². The maximum absolute atomic E-state index is 9.76. The van der Waals surface area contributed by atoms with E-state index in [0.717, 1.165) is 21.8 Å². The van der Waals surface area contributed by atoms with Gasteiger partial charge in [0.1, 0.15) is 16.8 Å². The minimum atomic E-state index is 0.512. The molecule has 0 saturated carbocycles. The van der Waals surface area contributed by atoms with Gasteiger partial charge in [0.05, 0.1) is 16.1 Å². The molecule has 0 aliphatic heterocycles. The highest BCUT2D eigenvalue weighted by Gasteiger charge is 2.17. The third-order valence-electron chi connectivity index (χ3n) is 4.39. The molecule has 2 heterocycles. The van der Waals surface area contributed by atoms with Crippen LogP contribution in [0, 0.1) is 25.2 Å². The van der Waals surface area contributed by atoms with Crippen LogP contribution in [0.4, 0.5) is 10.7 Å². The van der Waals surface area contributed by atoms with Crippen molar-refractivity contribution < 1.29 is 0 Å². The first-order valence-electron chi connectivity index (χ1n) is 9.34. The number of thiophene rings is 1. The van der Waals surface area contributed by atoms with Gasteiger partial charge in [-0.15, -0.1) is 21.6 Å². The van der Waals surface area contributed by atoms with Crippen molar-refractivity contribution in [3.63, 3.8) is 0 Å². The predicted molar refractivity (Wildman–Crippen MR) is 125 cm³/mol. The van der Waals surface area contributed by atoms with E-state index in [9.17, 15) is 5.26 Å². The first kappa shape index (κ1) is 19.9. The van der Waals surface area contributed by atoms with Gasteiger partial charge in [-0.3, -0.25) is 0 Å². The van der Waals surface area contributed by atoms with Crippen molar-refractivity contribution in [3.8, 4) is 16.6 Å². The van der Waals surface area contributed by atoms with Crippen LogP contribution in [0.25, 0.3) is 22.2 Å². The number of benzene rings is 2. The van der Waals surface area contributed by atoms with E-state index < -0.39 is 0 Å². The monoisotopic (exact) mass is 426 g/mol. The fourth-order valence-electron chi connectivity index (χ4n) is 2.75. The molecule has 0 aliphatic carbocycles. The van der Waals surface area contributed by atoms with E-state index in [1.54, 1.807) is 11.3 Å². The van der Waals surface area contributed by atoms with Crippen molar-refractivity contribution >= 4 is 45.0 Å². The summed E-state index contributed by atoms with van der Waals surface area (Å²) >= 11 is 2.97. The molecule has 0 amide bonds. The number of thiazole rings is 1. The van der Waals surface area contributed by atoms with Crippen molar-refractivity contribution in [3.05, 3.63) is 87.7 Å². The average molecular weight is 427 g/mol. The summed E-state index contributed by atoms with van der Waals surface area (Å²) in [5, 5.41) is 21.9. The molecular formula is C24H18N4S2. The lowest BCUT2D eigenvalue weighted by atomic mass is 10.1. The summed E-state index contributed by atoms with van der Waals surface area (Å²) in [4.78, 5) is 5.75. The second-order valence-corrected chi connectivity index (χ2v) is 8.69. The SMILES string of the molecule is Cc1ccc(/C=C(\C#N)c2nc(-c3cccs3)c(N=Nc3ccc(C)cc3)s2)cc1. The quantitative estimate of drug-likeness (QED) is 0.240. The lowest BCUT2D eigenvalue weighted by molar-refractivity contribution is 1.24. The molecule has 0 N–H and O–H groups in total. The van der Waals surface area contributed by atoms with E-state index in [-0.39, 0.29) is 0 Å². The summed E-state index contributed by atoms with van der Waals surface area (Å²) < 4.78 is 0. The van der Waals surface area contributed by atoms with Gasteiger partial charge in [0.25, 0.3) is 0 Å². The highest BCUT2D eigenvalue weighted by molar-refractivity contribution is 7.18. The van der Waals surface area contributed by atoms with Gasteiger partial charge in [-0.25, -0.2) is 4.98 Å². The average Bonchev–Trinajstić information content (AvgIpc) is 3.43. The third kappa shape index (κ3) is 4.60. The topological polar surface area (TPSA) is 61.4 Å². The zero-order valence-electron chi connectivity index (χ0n) is 16.5. The van der Waals surface area contributed by atoms with E-state index in [1.807, 2.05) is 86.0 Å². The Morgan fingerprint density at radius 2 is 1.67 bits per heavy atom. The fraction of sp³-hybridized carbons (Fsp3) is 0.0833. The highest BCUT2D eigenvalue weighted by atomic mass is 32.1. The number of allylic oxidation sites excluding steroid dienone is 1. The van der Waals surface area contributed by atoms with Crippen LogP contribution >= 0.6 is 22.7 Å². The number of aryl methyl sites for hydroxylation is 2. The largest absolute Gasteiger partial charge is 0.232 e. The van der Waals surface area contributed by atoms with E-state index in [0.29, 0.717) is 15.6 Å². The number of nitriles is 1. The molecule has 4 rings (SSSR count). The maximum Gasteiger partial charge on any atom is 0.168 e. The number of hydrogen-bond donors (Lipinski definition) is 0. The lowest BCUT2D eigenvalue weighted by Gasteiger charge is -1.96. The number of rotatable bonds is 5. The molecule has 4 aromatic rings. The molecule has 0 spiro atoms. The summed E-state index contributed by atoms with van der Waals surface area (Å²) in [5.41, 5.74) is 5.37. The van der Waals surface area contributed by atoms with Gasteiger partial charge in [-0.05, 0) is 49.1 Å². The molecule has 0 radical (unpaired) electrons. The van der Waals surface area contributed by atoms with Crippen molar-refractivity contribution in [1.29, 1.82) is 5.26 Å². The van der Waals surface area contributed by atoms with E-state index in [2.05, 4.69) is 16.3 Å². The molecule has 0 bridgehead atoms. The molecule has 6 heteroatoms. The minimum Gasteiger partial charge on any atom is -0.232 e. The Kier molecular flexibility index (Phi) is 5.94. The number of hydrogen-bond acceptors (Lipinski definition) is 6. The highest BCUT2D eigenvalue weighted by Crippen LogP contribution is 2.40. The van der Waals surface area contributed by atoms with Crippen LogP contribution < -0.4 is 0 Å². The summed E-state index contributed by atoms with van der Waals surface area (Å²) in [7, 11) is 0. The van der Waals surface area contributed by atoms with Crippen molar-refractivity contribution in [1.82, 2.24) is 4.98 Å². The van der Waals surface area contributed by atoms with Gasteiger partial charge >= 0.3 is 0 Å². The zero-order valence-corrected chi connectivity index (χ0v) is 18.2. The molecule has 146 valence electrons. The van der Waals surface area contributed by atoms with Crippen molar-refractivity contribution in [2.24, 2.45) is 10.2 Å². The zero-order chi connectivity index (χ0) is 20.9. The molecule has 0 fully saturated rings. The van der Waals surface area contributed by atoms with Gasteiger partial charge in [0, 0.05) is 0 Å². The first-order chi connectivity index (χ1) is 14.6. The molecule has 30 heavy (non-hydrogen) atoms. The smallest absolute Gasteiger partial charge is 0.168 e. The summed E-state index contributed by atoms with van der Waals surface area (Å²) in [5.74, 6) is 0. The molecule has 2 aromatic carbocycles. The Balaban J connectivity index is 1.74. The molecule has 0 atom stereocenters. The van der Waals surface area contributed by atoms with Crippen molar-refractivity contribution in [2.75, 3.05) is 0 Å². The third-order valence-corrected chi connectivity index (χ3v) is 6.24. The van der Waals surface area contributed by atoms with Crippen LogP contribution in [-0.2, 0) is 0 Å². The van der Waals surface area contributed by atoms with Crippen LogP contribution in [-0.4, -0.2) is 4.98 Å².